The normalized spacial score (nSPS) is 16.8. The van der Waals surface area contributed by atoms with E-state index in [0.29, 0.717) is 13.0 Å². The van der Waals surface area contributed by atoms with Gasteiger partial charge in [-0.15, -0.1) is 5.10 Å². The number of oxazole rings is 1. The highest BCUT2D eigenvalue weighted by atomic mass is 16.5. The molecule has 0 saturated carbocycles. The second kappa shape index (κ2) is 11.7. The number of aryl methyl sites for hydroxylation is 1. The summed E-state index contributed by atoms with van der Waals surface area (Å²) < 4.78 is 12.5. The Morgan fingerprint density at radius 1 is 1.26 bits per heavy atom. The number of ether oxygens (including phenoxy) is 1. The summed E-state index contributed by atoms with van der Waals surface area (Å²) in [6.07, 6.45) is 7.47. The Morgan fingerprint density at radius 3 is 2.86 bits per heavy atom. The molecule has 0 radical (unpaired) electrons. The van der Waals surface area contributed by atoms with Crippen molar-refractivity contribution in [2.45, 2.75) is 57.5 Å². The Labute approximate surface area is 203 Å². The molecule has 2 atom stereocenters. The first-order valence-corrected chi connectivity index (χ1v) is 12.0. The zero-order chi connectivity index (χ0) is 24.6. The van der Waals surface area contributed by atoms with Crippen LogP contribution < -0.4 is 0 Å². The lowest BCUT2D eigenvalue weighted by molar-refractivity contribution is -0.140. The number of carbonyl (C=O) groups is 2. The number of hydrogen-bond acceptors (Lipinski definition) is 7. The van der Waals surface area contributed by atoms with Crippen LogP contribution in [0.3, 0.4) is 0 Å². The van der Waals surface area contributed by atoms with Gasteiger partial charge in [0.25, 0.3) is 0 Å². The van der Waals surface area contributed by atoms with Gasteiger partial charge in [0.15, 0.2) is 5.69 Å². The number of likely N-dealkylation sites (tertiary alicyclic amines) is 1. The molecule has 1 amide bonds. The summed E-state index contributed by atoms with van der Waals surface area (Å²) >= 11 is 0. The van der Waals surface area contributed by atoms with Gasteiger partial charge in [0, 0.05) is 24.7 Å². The summed E-state index contributed by atoms with van der Waals surface area (Å²) in [6.45, 7) is 3.66. The van der Waals surface area contributed by atoms with E-state index in [2.05, 4.69) is 34.4 Å². The van der Waals surface area contributed by atoms with E-state index in [9.17, 15) is 9.59 Å². The fourth-order valence-corrected chi connectivity index (χ4v) is 4.38. The third-order valence-corrected chi connectivity index (χ3v) is 6.30. The molecule has 0 aliphatic carbocycles. The minimum absolute atomic E-state index is 0.0387. The number of carboxylic acid groups (broad SMARTS) is 1. The van der Waals surface area contributed by atoms with Crippen LogP contribution in [0.25, 0.3) is 0 Å². The van der Waals surface area contributed by atoms with Gasteiger partial charge in [0.05, 0.1) is 12.3 Å². The molecule has 1 aromatic carbocycles. The summed E-state index contributed by atoms with van der Waals surface area (Å²) in [5.41, 5.74) is 1.87. The molecule has 1 aliphatic heterocycles. The maximum Gasteiger partial charge on any atom is 0.357 e. The number of carbonyl (C=O) groups excluding carboxylic acids is 1. The Bertz CT molecular complexity index is 1110. The molecule has 3 heterocycles. The van der Waals surface area contributed by atoms with E-state index < -0.39 is 5.97 Å². The first-order chi connectivity index (χ1) is 17.0. The van der Waals surface area contributed by atoms with Gasteiger partial charge in [-0.3, -0.25) is 4.79 Å². The number of piperidine rings is 1. The Balaban J connectivity index is 1.25. The summed E-state index contributed by atoms with van der Waals surface area (Å²) in [4.78, 5) is 29.7. The maximum absolute atomic E-state index is 12.9. The largest absolute Gasteiger partial charge is 0.476 e. The molecule has 4 rings (SSSR count). The molecular formula is C25H31N5O5. The third-order valence-electron chi connectivity index (χ3n) is 6.30. The number of nitrogens with zero attached hydrogens (tertiary/aromatic N) is 5. The van der Waals surface area contributed by atoms with Crippen molar-refractivity contribution in [3.63, 3.8) is 0 Å². The molecule has 0 spiro atoms. The third kappa shape index (κ3) is 6.75. The van der Waals surface area contributed by atoms with E-state index in [1.807, 2.05) is 23.1 Å². The molecule has 2 unspecified atom stereocenters. The second-order valence-electron chi connectivity index (χ2n) is 8.94. The van der Waals surface area contributed by atoms with Gasteiger partial charge < -0.3 is 19.2 Å². The maximum atomic E-state index is 12.9. The smallest absolute Gasteiger partial charge is 0.357 e. The molecular weight excluding hydrogens is 450 g/mol. The summed E-state index contributed by atoms with van der Waals surface area (Å²) in [7, 11) is 0. The van der Waals surface area contributed by atoms with Crippen LogP contribution in [0.5, 0.6) is 0 Å². The lowest BCUT2D eigenvalue weighted by Gasteiger charge is -2.36. The molecule has 10 nitrogen and oxygen atoms in total. The van der Waals surface area contributed by atoms with Crippen molar-refractivity contribution >= 4 is 11.9 Å². The van der Waals surface area contributed by atoms with Crippen LogP contribution in [0.15, 0.2) is 47.2 Å². The van der Waals surface area contributed by atoms with Crippen molar-refractivity contribution in [1.82, 2.24) is 24.9 Å². The zero-order valence-electron chi connectivity index (χ0n) is 19.9. The molecule has 1 fully saturated rings. The first-order valence-electron chi connectivity index (χ1n) is 12.0. The Morgan fingerprint density at radius 2 is 2.09 bits per heavy atom. The Kier molecular flexibility index (Phi) is 8.25. The van der Waals surface area contributed by atoms with Crippen molar-refractivity contribution in [2.75, 3.05) is 19.8 Å². The molecule has 2 aromatic heterocycles. The van der Waals surface area contributed by atoms with E-state index >= 15 is 0 Å². The topological polar surface area (TPSA) is 124 Å². The average Bonchev–Trinajstić information content (AvgIpc) is 3.53. The summed E-state index contributed by atoms with van der Waals surface area (Å²) in [5, 5.41) is 17.2. The van der Waals surface area contributed by atoms with E-state index in [1.54, 1.807) is 10.9 Å². The molecule has 186 valence electrons. The molecule has 35 heavy (non-hydrogen) atoms. The van der Waals surface area contributed by atoms with E-state index in [0.717, 1.165) is 44.2 Å². The standard InChI is InChI=1S/C25H31N5O5/c1-18(19-7-3-2-4-8-19)15-34-17-24(31)30-12-6-5-9-21(30)11-10-20-13-29(28-27-20)14-23-26-22(16-35-23)25(32)33/h2-4,7-8,13,16,18,21H,5-6,9-12,14-15,17H2,1H3,(H,32,33). The van der Waals surface area contributed by atoms with Gasteiger partial charge in [0.1, 0.15) is 19.4 Å². The lowest BCUT2D eigenvalue weighted by Crippen LogP contribution is -2.45. The van der Waals surface area contributed by atoms with Crippen molar-refractivity contribution in [3.8, 4) is 0 Å². The number of benzene rings is 1. The van der Waals surface area contributed by atoms with E-state index in [1.165, 1.54) is 5.56 Å². The number of carboxylic acids is 1. The average molecular weight is 482 g/mol. The molecule has 1 saturated heterocycles. The molecule has 1 N–H and O–H groups in total. The highest BCUT2D eigenvalue weighted by molar-refractivity contribution is 5.84. The quantitative estimate of drug-likeness (QED) is 0.443. The van der Waals surface area contributed by atoms with Crippen LogP contribution >= 0.6 is 0 Å². The van der Waals surface area contributed by atoms with E-state index in [-0.39, 0.29) is 42.6 Å². The zero-order valence-corrected chi connectivity index (χ0v) is 19.9. The molecule has 0 bridgehead atoms. The molecule has 1 aliphatic rings. The van der Waals surface area contributed by atoms with Gasteiger partial charge in [-0.2, -0.15) is 0 Å². The summed E-state index contributed by atoms with van der Waals surface area (Å²) in [5.74, 6) is -0.612. The molecule has 10 heteroatoms. The Hall–Kier alpha value is -3.53. The number of amides is 1. The van der Waals surface area contributed by atoms with Crippen LogP contribution in [-0.2, 0) is 22.5 Å². The van der Waals surface area contributed by atoms with E-state index in [4.69, 9.17) is 14.3 Å². The monoisotopic (exact) mass is 481 g/mol. The minimum atomic E-state index is -1.14. The lowest BCUT2D eigenvalue weighted by atomic mass is 9.97. The van der Waals surface area contributed by atoms with Gasteiger partial charge >= 0.3 is 5.97 Å². The van der Waals surface area contributed by atoms with Gasteiger partial charge in [0.2, 0.25) is 11.8 Å². The van der Waals surface area contributed by atoms with Crippen LogP contribution in [0.1, 0.15) is 66.2 Å². The summed E-state index contributed by atoms with van der Waals surface area (Å²) in [6, 6.07) is 10.3. The predicted molar refractivity (Wildman–Crippen MR) is 126 cm³/mol. The fourth-order valence-electron chi connectivity index (χ4n) is 4.38. The van der Waals surface area contributed by atoms with Crippen LogP contribution in [-0.4, -0.2) is 67.7 Å². The molecule has 3 aromatic rings. The minimum Gasteiger partial charge on any atom is -0.476 e. The van der Waals surface area contributed by atoms with Gasteiger partial charge in [-0.05, 0) is 37.7 Å². The number of hydrogen-bond donors (Lipinski definition) is 1. The van der Waals surface area contributed by atoms with Crippen molar-refractivity contribution in [2.24, 2.45) is 0 Å². The van der Waals surface area contributed by atoms with Gasteiger partial charge in [-0.25, -0.2) is 14.5 Å². The SMILES string of the molecule is CC(COCC(=O)N1CCCCC1CCc1cn(Cc2nc(C(=O)O)co2)nn1)c1ccccc1. The highest BCUT2D eigenvalue weighted by Crippen LogP contribution is 2.22. The van der Waals surface area contributed by atoms with Crippen molar-refractivity contribution in [1.29, 1.82) is 0 Å². The number of aromatic nitrogens is 4. The van der Waals surface area contributed by atoms with Crippen molar-refractivity contribution in [3.05, 3.63) is 65.6 Å². The van der Waals surface area contributed by atoms with Crippen molar-refractivity contribution < 1.29 is 23.8 Å². The van der Waals surface area contributed by atoms with Crippen LogP contribution in [0, 0.1) is 0 Å². The van der Waals surface area contributed by atoms with Crippen LogP contribution in [0.2, 0.25) is 0 Å². The second-order valence-corrected chi connectivity index (χ2v) is 8.94. The predicted octanol–water partition coefficient (Wildman–Crippen LogP) is 3.15. The van der Waals surface area contributed by atoms with Crippen LogP contribution in [0.4, 0.5) is 0 Å². The van der Waals surface area contributed by atoms with Gasteiger partial charge in [-0.1, -0.05) is 42.5 Å². The first kappa shape index (κ1) is 24.6. The number of aromatic carboxylic acids is 1. The highest BCUT2D eigenvalue weighted by Gasteiger charge is 2.27. The number of rotatable bonds is 11. The fraction of sp³-hybridized carbons (Fsp3) is 0.480.